The van der Waals surface area contributed by atoms with Gasteiger partial charge in [0.2, 0.25) is 0 Å². The molecule has 182 valence electrons. The van der Waals surface area contributed by atoms with Gasteiger partial charge in [0.05, 0.1) is 33.0 Å². The topological polar surface area (TPSA) is 88.4 Å². The van der Waals surface area contributed by atoms with E-state index in [0.717, 1.165) is 38.0 Å². The summed E-state index contributed by atoms with van der Waals surface area (Å²) >= 11 is 0. The van der Waals surface area contributed by atoms with Gasteiger partial charge in [0, 0.05) is 24.0 Å². The van der Waals surface area contributed by atoms with E-state index in [9.17, 15) is 15.3 Å². The molecule has 0 aromatic rings. The van der Waals surface area contributed by atoms with Crippen molar-refractivity contribution in [3.63, 3.8) is 0 Å². The third-order valence-electron chi connectivity index (χ3n) is 6.20. The van der Waals surface area contributed by atoms with E-state index in [1.54, 1.807) is 0 Å². The summed E-state index contributed by atoms with van der Waals surface area (Å²) < 4.78 is 18.3. The summed E-state index contributed by atoms with van der Waals surface area (Å²) in [6.07, 6.45) is 3.56. The highest BCUT2D eigenvalue weighted by Gasteiger charge is 2.32. The molecule has 0 bridgehead atoms. The average Bonchev–Trinajstić information content (AvgIpc) is 2.69. The van der Waals surface area contributed by atoms with Gasteiger partial charge in [-0.1, -0.05) is 20.8 Å². The Hall–Kier alpha value is 0.194. The molecule has 0 aliphatic heterocycles. The number of ether oxygens (including phenoxy) is 2. The van der Waals surface area contributed by atoms with Crippen LogP contribution in [-0.4, -0.2) is 78.2 Å². The van der Waals surface area contributed by atoms with E-state index in [1.165, 1.54) is 0 Å². The lowest BCUT2D eigenvalue weighted by Crippen LogP contribution is -2.44. The molecule has 8 heteroatoms. The first kappa shape index (κ1) is 30.2. The maximum atomic E-state index is 9.49. The number of hydrogen-bond donors (Lipinski definition) is 3. The van der Waals surface area contributed by atoms with Gasteiger partial charge in [-0.25, -0.2) is 0 Å². The van der Waals surface area contributed by atoms with Gasteiger partial charge < -0.3 is 28.9 Å². The second-order valence-corrected chi connectivity index (χ2v) is 19.3. The van der Waals surface area contributed by atoms with Crippen LogP contribution < -0.4 is 0 Å². The van der Waals surface area contributed by atoms with Crippen molar-refractivity contribution in [3.8, 4) is 0 Å². The van der Waals surface area contributed by atoms with E-state index in [2.05, 4.69) is 40.0 Å². The standard InChI is InChI=1S/C22H50O6Si2/c1-8-21(3,16-23)19-26-12-10-14-29(4,5)28-30(6,7)15-11-13-27-20-22(9-2,17-24)18-25/h23-25H,8-20H2,1-7H3. The van der Waals surface area contributed by atoms with Crippen LogP contribution in [0.5, 0.6) is 0 Å². The van der Waals surface area contributed by atoms with Crippen LogP contribution in [0.15, 0.2) is 0 Å². The zero-order valence-corrected chi connectivity index (χ0v) is 22.8. The summed E-state index contributed by atoms with van der Waals surface area (Å²) in [7, 11) is -3.50. The minimum absolute atomic E-state index is 0.0510. The van der Waals surface area contributed by atoms with Crippen LogP contribution >= 0.6 is 0 Å². The van der Waals surface area contributed by atoms with Gasteiger partial charge in [0.15, 0.2) is 16.6 Å². The Labute approximate surface area is 187 Å². The summed E-state index contributed by atoms with van der Waals surface area (Å²) in [6.45, 7) is 17.7. The largest absolute Gasteiger partial charge is 0.455 e. The SMILES string of the molecule is CCC(C)(CO)COCCC[Si](C)(C)O[Si](C)(C)CCCOCC(CC)(CO)CO. The maximum Gasteiger partial charge on any atom is 0.173 e. The zero-order chi connectivity index (χ0) is 23.3. The van der Waals surface area contributed by atoms with Crippen molar-refractivity contribution in [2.75, 3.05) is 46.2 Å². The monoisotopic (exact) mass is 466 g/mol. The predicted molar refractivity (Wildman–Crippen MR) is 129 cm³/mol. The van der Waals surface area contributed by atoms with Gasteiger partial charge in [0.25, 0.3) is 0 Å². The molecule has 6 nitrogen and oxygen atoms in total. The molecule has 0 heterocycles. The van der Waals surface area contributed by atoms with Crippen molar-refractivity contribution < 1.29 is 28.9 Å². The summed E-state index contributed by atoms with van der Waals surface area (Å²) in [5, 5.41) is 28.4. The molecule has 0 radical (unpaired) electrons. The third kappa shape index (κ3) is 12.3. The minimum atomic E-state index is -1.76. The first-order valence-electron chi connectivity index (χ1n) is 11.6. The minimum Gasteiger partial charge on any atom is -0.455 e. The summed E-state index contributed by atoms with van der Waals surface area (Å²) in [5.41, 5.74) is -0.655. The fourth-order valence-corrected chi connectivity index (χ4v) is 12.2. The predicted octanol–water partition coefficient (Wildman–Crippen LogP) is 4.02. The van der Waals surface area contributed by atoms with Gasteiger partial charge in [-0.3, -0.25) is 0 Å². The first-order chi connectivity index (χ1) is 13.9. The van der Waals surface area contributed by atoms with Crippen molar-refractivity contribution in [1.82, 2.24) is 0 Å². The van der Waals surface area contributed by atoms with Gasteiger partial charge in [-0.15, -0.1) is 0 Å². The lowest BCUT2D eigenvalue weighted by molar-refractivity contribution is -0.0297. The highest BCUT2D eigenvalue weighted by atomic mass is 28.4. The fraction of sp³-hybridized carbons (Fsp3) is 1.00. The van der Waals surface area contributed by atoms with Crippen molar-refractivity contribution in [2.45, 2.75) is 84.7 Å². The van der Waals surface area contributed by atoms with E-state index in [4.69, 9.17) is 13.6 Å². The molecule has 0 fully saturated rings. The molecular weight excluding hydrogens is 416 g/mol. The third-order valence-corrected chi connectivity index (χ3v) is 13.7. The van der Waals surface area contributed by atoms with Gasteiger partial charge in [-0.2, -0.15) is 0 Å². The Morgan fingerprint density at radius 2 is 1.17 bits per heavy atom. The fourth-order valence-electron chi connectivity index (χ4n) is 3.38. The van der Waals surface area contributed by atoms with E-state index in [-0.39, 0.29) is 25.2 Å². The highest BCUT2D eigenvalue weighted by Crippen LogP contribution is 2.25. The Kier molecular flexibility index (Phi) is 14.5. The molecule has 0 amide bonds. The molecule has 1 atom stereocenters. The molecule has 1 unspecified atom stereocenters. The van der Waals surface area contributed by atoms with Crippen LogP contribution in [0.25, 0.3) is 0 Å². The molecule has 0 aliphatic carbocycles. The van der Waals surface area contributed by atoms with E-state index in [0.29, 0.717) is 26.2 Å². The second-order valence-electron chi connectivity index (χ2n) is 10.4. The highest BCUT2D eigenvalue weighted by molar-refractivity contribution is 6.84. The zero-order valence-electron chi connectivity index (χ0n) is 20.8. The van der Waals surface area contributed by atoms with Crippen molar-refractivity contribution in [3.05, 3.63) is 0 Å². The molecule has 0 aliphatic rings. The number of aliphatic hydroxyl groups excluding tert-OH is 3. The molecule has 0 saturated carbocycles. The molecular formula is C22H50O6Si2. The van der Waals surface area contributed by atoms with Crippen LogP contribution in [0, 0.1) is 10.8 Å². The van der Waals surface area contributed by atoms with Gasteiger partial charge in [-0.05, 0) is 64.0 Å². The molecule has 30 heavy (non-hydrogen) atoms. The van der Waals surface area contributed by atoms with Crippen LogP contribution in [0.4, 0.5) is 0 Å². The maximum absolute atomic E-state index is 9.49. The molecule has 0 spiro atoms. The number of rotatable bonds is 19. The Bertz CT molecular complexity index is 429. The van der Waals surface area contributed by atoms with E-state index < -0.39 is 22.0 Å². The summed E-state index contributed by atoms with van der Waals surface area (Å²) in [4.78, 5) is 0. The Balaban J connectivity index is 4.18. The summed E-state index contributed by atoms with van der Waals surface area (Å²) in [5.74, 6) is 0. The van der Waals surface area contributed by atoms with Crippen LogP contribution in [0.2, 0.25) is 38.3 Å². The molecule has 3 N–H and O–H groups in total. The Morgan fingerprint density at radius 3 is 1.53 bits per heavy atom. The Morgan fingerprint density at radius 1 is 0.700 bits per heavy atom. The average molecular weight is 467 g/mol. The number of aliphatic hydroxyl groups is 3. The lowest BCUT2D eigenvalue weighted by atomic mass is 9.88. The van der Waals surface area contributed by atoms with Crippen molar-refractivity contribution >= 4 is 16.6 Å². The lowest BCUT2D eigenvalue weighted by Gasteiger charge is -2.34. The molecule has 0 rings (SSSR count). The first-order valence-corrected chi connectivity index (χ1v) is 17.8. The van der Waals surface area contributed by atoms with E-state index in [1.807, 2.05) is 6.92 Å². The van der Waals surface area contributed by atoms with Gasteiger partial charge >= 0.3 is 0 Å². The van der Waals surface area contributed by atoms with Crippen molar-refractivity contribution in [1.29, 1.82) is 0 Å². The van der Waals surface area contributed by atoms with Crippen LogP contribution in [-0.2, 0) is 13.6 Å². The smallest absolute Gasteiger partial charge is 0.173 e. The quantitative estimate of drug-likeness (QED) is 0.197. The van der Waals surface area contributed by atoms with Crippen LogP contribution in [0.3, 0.4) is 0 Å². The van der Waals surface area contributed by atoms with E-state index >= 15 is 0 Å². The van der Waals surface area contributed by atoms with Crippen molar-refractivity contribution in [2.24, 2.45) is 10.8 Å². The van der Waals surface area contributed by atoms with Gasteiger partial charge in [0.1, 0.15) is 0 Å². The van der Waals surface area contributed by atoms with Crippen LogP contribution in [0.1, 0.15) is 46.5 Å². The normalized spacial score (nSPS) is 15.4. The summed E-state index contributed by atoms with van der Waals surface area (Å²) in [6, 6.07) is 2.12. The second kappa shape index (κ2) is 14.4. The molecule has 0 aromatic carbocycles. The number of hydrogen-bond acceptors (Lipinski definition) is 6. The molecule has 0 saturated heterocycles. The molecule has 0 aromatic heterocycles.